The summed E-state index contributed by atoms with van der Waals surface area (Å²) >= 11 is 0. The Kier molecular flexibility index (Phi) is 2.85. The summed E-state index contributed by atoms with van der Waals surface area (Å²) in [4.78, 5) is 4.33. The van der Waals surface area contributed by atoms with E-state index in [1.54, 1.807) is 5.56 Å². The Hall–Kier alpha value is -0.850. The summed E-state index contributed by atoms with van der Waals surface area (Å²) in [5.74, 6) is 0.811. The van der Waals surface area contributed by atoms with Gasteiger partial charge in [0.05, 0.1) is 0 Å². The van der Waals surface area contributed by atoms with Crippen LogP contribution in [0.3, 0.4) is 0 Å². The van der Waals surface area contributed by atoms with Crippen LogP contribution < -0.4 is 0 Å². The van der Waals surface area contributed by atoms with Crippen LogP contribution in [0.2, 0.25) is 0 Å². The number of rotatable bonds is 1. The van der Waals surface area contributed by atoms with Crippen LogP contribution >= 0.6 is 0 Å². The Morgan fingerprint density at radius 1 is 1.14 bits per heavy atom. The quantitative estimate of drug-likeness (QED) is 0.655. The van der Waals surface area contributed by atoms with Crippen molar-refractivity contribution >= 4 is 0 Å². The van der Waals surface area contributed by atoms with Gasteiger partial charge in [-0.2, -0.15) is 0 Å². The third-order valence-electron chi connectivity index (χ3n) is 3.33. The highest BCUT2D eigenvalue weighted by Gasteiger charge is 2.17. The molecule has 1 aromatic rings. The van der Waals surface area contributed by atoms with Crippen LogP contribution in [-0.2, 0) is 0 Å². The average Bonchev–Trinajstić information content (AvgIpc) is 2.23. The van der Waals surface area contributed by atoms with E-state index in [1.165, 1.54) is 37.7 Å². The summed E-state index contributed by atoms with van der Waals surface area (Å²) in [7, 11) is 0. The predicted octanol–water partition coefficient (Wildman–Crippen LogP) is 3.75. The van der Waals surface area contributed by atoms with E-state index in [4.69, 9.17) is 0 Å². The van der Waals surface area contributed by atoms with Crippen LogP contribution in [0.5, 0.6) is 0 Å². The summed E-state index contributed by atoms with van der Waals surface area (Å²) in [5, 5.41) is 0. The average molecular weight is 189 g/mol. The van der Waals surface area contributed by atoms with Gasteiger partial charge in [0.15, 0.2) is 0 Å². The van der Waals surface area contributed by atoms with E-state index < -0.39 is 0 Å². The molecule has 0 spiro atoms. The first-order valence-corrected chi connectivity index (χ1v) is 5.70. The Morgan fingerprint density at radius 2 is 1.86 bits per heavy atom. The highest BCUT2D eigenvalue weighted by Crippen LogP contribution is 2.34. The van der Waals surface area contributed by atoms with E-state index in [2.05, 4.69) is 24.9 Å². The molecular formula is C13H19N. The highest BCUT2D eigenvalue weighted by atomic mass is 14.7. The van der Waals surface area contributed by atoms with Crippen molar-refractivity contribution in [3.63, 3.8) is 0 Å². The summed E-state index contributed by atoms with van der Waals surface area (Å²) in [5.41, 5.74) is 4.09. The van der Waals surface area contributed by atoms with Gasteiger partial charge in [0.25, 0.3) is 0 Å². The molecule has 1 heterocycles. The third-order valence-corrected chi connectivity index (χ3v) is 3.33. The lowest BCUT2D eigenvalue weighted by atomic mass is 9.82. The lowest BCUT2D eigenvalue weighted by molar-refractivity contribution is 0.442. The Labute approximate surface area is 86.6 Å². The van der Waals surface area contributed by atoms with E-state index in [0.717, 1.165) is 11.6 Å². The molecule has 0 aliphatic heterocycles. The first-order valence-electron chi connectivity index (χ1n) is 5.70. The Balaban J connectivity index is 2.24. The number of nitrogens with zero attached hydrogens (tertiary/aromatic N) is 1. The van der Waals surface area contributed by atoms with Crippen molar-refractivity contribution in [3.8, 4) is 0 Å². The first kappa shape index (κ1) is 9.70. The van der Waals surface area contributed by atoms with Crippen molar-refractivity contribution in [1.29, 1.82) is 0 Å². The molecule has 1 aliphatic rings. The molecule has 0 bridgehead atoms. The zero-order valence-electron chi connectivity index (χ0n) is 9.21. The fourth-order valence-electron chi connectivity index (χ4n) is 2.50. The van der Waals surface area contributed by atoms with Crippen molar-refractivity contribution in [2.75, 3.05) is 0 Å². The normalized spacial score (nSPS) is 18.4. The molecule has 1 nitrogen and oxygen atoms in total. The first-order chi connectivity index (χ1) is 6.77. The minimum atomic E-state index is 0.811. The second-order valence-electron chi connectivity index (χ2n) is 4.52. The molecule has 0 aromatic carbocycles. The van der Waals surface area contributed by atoms with Crippen LogP contribution in [0.1, 0.15) is 54.8 Å². The third kappa shape index (κ3) is 1.97. The largest absolute Gasteiger partial charge is 0.261 e. The SMILES string of the molecule is Cc1cc(C2CCCCC2)c(C)cn1. The fraction of sp³-hybridized carbons (Fsp3) is 0.615. The Bertz CT molecular complexity index is 311. The molecule has 0 radical (unpaired) electrons. The van der Waals surface area contributed by atoms with Gasteiger partial charge in [0.2, 0.25) is 0 Å². The van der Waals surface area contributed by atoms with E-state index in [9.17, 15) is 0 Å². The molecule has 0 saturated heterocycles. The van der Waals surface area contributed by atoms with Gasteiger partial charge in [-0.05, 0) is 49.8 Å². The Morgan fingerprint density at radius 3 is 2.57 bits per heavy atom. The summed E-state index contributed by atoms with van der Waals surface area (Å²) in [6.07, 6.45) is 9.03. The molecule has 0 amide bonds. The van der Waals surface area contributed by atoms with Crippen molar-refractivity contribution < 1.29 is 0 Å². The molecule has 2 rings (SSSR count). The molecule has 0 unspecified atom stereocenters. The van der Waals surface area contributed by atoms with Gasteiger partial charge in [-0.15, -0.1) is 0 Å². The molecule has 1 aliphatic carbocycles. The van der Waals surface area contributed by atoms with Crippen molar-refractivity contribution in [1.82, 2.24) is 4.98 Å². The van der Waals surface area contributed by atoms with Crippen LogP contribution in [0, 0.1) is 13.8 Å². The minimum Gasteiger partial charge on any atom is -0.261 e. The molecule has 0 N–H and O–H groups in total. The molecule has 0 atom stereocenters. The van der Waals surface area contributed by atoms with Gasteiger partial charge in [-0.3, -0.25) is 4.98 Å². The van der Waals surface area contributed by atoms with E-state index in [0.29, 0.717) is 0 Å². The number of hydrogen-bond acceptors (Lipinski definition) is 1. The number of pyridine rings is 1. The maximum absolute atomic E-state index is 4.33. The van der Waals surface area contributed by atoms with Gasteiger partial charge in [-0.25, -0.2) is 0 Å². The zero-order chi connectivity index (χ0) is 9.97. The fourth-order valence-corrected chi connectivity index (χ4v) is 2.50. The van der Waals surface area contributed by atoms with Gasteiger partial charge in [-0.1, -0.05) is 19.3 Å². The number of hydrogen-bond donors (Lipinski definition) is 0. The predicted molar refractivity (Wildman–Crippen MR) is 59.5 cm³/mol. The van der Waals surface area contributed by atoms with Gasteiger partial charge in [0, 0.05) is 11.9 Å². The van der Waals surface area contributed by atoms with Crippen LogP contribution in [0.4, 0.5) is 0 Å². The lowest BCUT2D eigenvalue weighted by Crippen LogP contribution is -2.06. The van der Waals surface area contributed by atoms with E-state index >= 15 is 0 Å². The maximum atomic E-state index is 4.33. The molecule has 76 valence electrons. The molecule has 1 aromatic heterocycles. The van der Waals surface area contributed by atoms with Gasteiger partial charge >= 0.3 is 0 Å². The summed E-state index contributed by atoms with van der Waals surface area (Å²) in [6.45, 7) is 4.28. The summed E-state index contributed by atoms with van der Waals surface area (Å²) in [6, 6.07) is 2.28. The zero-order valence-corrected chi connectivity index (χ0v) is 9.21. The minimum absolute atomic E-state index is 0.811. The molecule has 1 heteroatoms. The monoisotopic (exact) mass is 189 g/mol. The van der Waals surface area contributed by atoms with Crippen molar-refractivity contribution in [2.24, 2.45) is 0 Å². The van der Waals surface area contributed by atoms with Crippen molar-refractivity contribution in [3.05, 3.63) is 29.1 Å². The molecule has 1 fully saturated rings. The number of aryl methyl sites for hydroxylation is 2. The molecule has 14 heavy (non-hydrogen) atoms. The van der Waals surface area contributed by atoms with Crippen LogP contribution in [0.15, 0.2) is 12.3 Å². The second kappa shape index (κ2) is 4.12. The van der Waals surface area contributed by atoms with E-state index in [-0.39, 0.29) is 0 Å². The van der Waals surface area contributed by atoms with Crippen LogP contribution in [-0.4, -0.2) is 4.98 Å². The molecular weight excluding hydrogens is 170 g/mol. The standard InChI is InChI=1S/C13H19N/c1-10-9-14-11(2)8-13(10)12-6-4-3-5-7-12/h8-9,12H,3-7H2,1-2H3. The summed E-state index contributed by atoms with van der Waals surface area (Å²) < 4.78 is 0. The molecule has 1 saturated carbocycles. The maximum Gasteiger partial charge on any atom is 0.0375 e. The number of aromatic nitrogens is 1. The smallest absolute Gasteiger partial charge is 0.0375 e. The lowest BCUT2D eigenvalue weighted by Gasteiger charge is -2.23. The van der Waals surface area contributed by atoms with Crippen LogP contribution in [0.25, 0.3) is 0 Å². The van der Waals surface area contributed by atoms with Gasteiger partial charge < -0.3 is 0 Å². The topological polar surface area (TPSA) is 12.9 Å². The second-order valence-corrected chi connectivity index (χ2v) is 4.52. The van der Waals surface area contributed by atoms with Crippen molar-refractivity contribution in [2.45, 2.75) is 51.9 Å². The highest BCUT2D eigenvalue weighted by molar-refractivity contribution is 5.28. The van der Waals surface area contributed by atoms with E-state index in [1.807, 2.05) is 6.20 Å². The van der Waals surface area contributed by atoms with Gasteiger partial charge in [0.1, 0.15) is 0 Å².